The van der Waals surface area contributed by atoms with Crippen molar-refractivity contribution < 1.29 is 14.3 Å². The lowest BCUT2D eigenvalue weighted by molar-refractivity contribution is 0.212. The van der Waals surface area contributed by atoms with Crippen molar-refractivity contribution >= 4 is 17.6 Å². The molecule has 1 rings (SSSR count). The van der Waals surface area contributed by atoms with E-state index in [1.54, 1.807) is 6.92 Å². The van der Waals surface area contributed by atoms with Gasteiger partial charge in [-0.1, -0.05) is 24.6 Å². The van der Waals surface area contributed by atoms with Crippen molar-refractivity contribution in [3.8, 4) is 0 Å². The van der Waals surface area contributed by atoms with E-state index < -0.39 is 11.8 Å². The number of hydrogen-bond donors (Lipinski definition) is 3. The van der Waals surface area contributed by atoms with Crippen molar-refractivity contribution in [3.63, 3.8) is 0 Å². The zero-order chi connectivity index (χ0) is 14.4. The van der Waals surface area contributed by atoms with E-state index in [4.69, 9.17) is 16.7 Å². The molecule has 0 aliphatic carbocycles. The van der Waals surface area contributed by atoms with Crippen molar-refractivity contribution in [3.05, 3.63) is 34.6 Å². The smallest absolute Gasteiger partial charge is 0.315 e. The standard InChI is InChI=1S/C13H18ClFN2O2/c1-3-10(7-18)17-13(19)16-8(2)11-5-4-9(15)6-12(11)14/h4-6,8,10,18H,3,7H2,1-2H3,(H2,16,17,19). The molecule has 19 heavy (non-hydrogen) atoms. The minimum absolute atomic E-state index is 0.115. The van der Waals surface area contributed by atoms with Gasteiger partial charge in [-0.25, -0.2) is 9.18 Å². The summed E-state index contributed by atoms with van der Waals surface area (Å²) in [6.45, 7) is 3.50. The average molecular weight is 289 g/mol. The Morgan fingerprint density at radius 1 is 1.47 bits per heavy atom. The molecule has 0 aromatic heterocycles. The summed E-state index contributed by atoms with van der Waals surface area (Å²) in [5.74, 6) is -0.420. The summed E-state index contributed by atoms with van der Waals surface area (Å²) >= 11 is 5.92. The Hall–Kier alpha value is -1.33. The number of carbonyl (C=O) groups excluding carboxylic acids is 1. The van der Waals surface area contributed by atoms with Crippen LogP contribution >= 0.6 is 11.6 Å². The maximum Gasteiger partial charge on any atom is 0.315 e. The topological polar surface area (TPSA) is 61.4 Å². The van der Waals surface area contributed by atoms with Crippen molar-refractivity contribution in [2.24, 2.45) is 0 Å². The second-order valence-electron chi connectivity index (χ2n) is 4.29. The largest absolute Gasteiger partial charge is 0.394 e. The third-order valence-electron chi connectivity index (χ3n) is 2.83. The fourth-order valence-corrected chi connectivity index (χ4v) is 1.96. The Morgan fingerprint density at radius 3 is 2.68 bits per heavy atom. The van der Waals surface area contributed by atoms with Crippen LogP contribution in [0.4, 0.5) is 9.18 Å². The summed E-state index contributed by atoms with van der Waals surface area (Å²) in [6.07, 6.45) is 0.635. The summed E-state index contributed by atoms with van der Waals surface area (Å²) < 4.78 is 12.9. The molecule has 0 aliphatic rings. The third kappa shape index (κ3) is 4.69. The van der Waals surface area contributed by atoms with Crippen LogP contribution in [0.15, 0.2) is 18.2 Å². The number of nitrogens with one attached hydrogen (secondary N) is 2. The zero-order valence-electron chi connectivity index (χ0n) is 10.9. The van der Waals surface area contributed by atoms with E-state index in [1.165, 1.54) is 18.2 Å². The van der Waals surface area contributed by atoms with Gasteiger partial charge in [0.15, 0.2) is 0 Å². The lowest BCUT2D eigenvalue weighted by Gasteiger charge is -2.19. The van der Waals surface area contributed by atoms with Crippen LogP contribution in [0.1, 0.15) is 31.9 Å². The van der Waals surface area contributed by atoms with E-state index in [2.05, 4.69) is 10.6 Å². The van der Waals surface area contributed by atoms with Crippen LogP contribution in [0.25, 0.3) is 0 Å². The average Bonchev–Trinajstić information content (AvgIpc) is 2.35. The van der Waals surface area contributed by atoms with Gasteiger partial charge in [-0.2, -0.15) is 0 Å². The molecule has 0 bridgehead atoms. The summed E-state index contributed by atoms with van der Waals surface area (Å²) in [5, 5.41) is 14.6. The molecule has 6 heteroatoms. The molecule has 1 aromatic carbocycles. The van der Waals surface area contributed by atoms with Gasteiger partial charge in [-0.15, -0.1) is 0 Å². The second kappa shape index (κ2) is 7.31. The number of halogens is 2. The van der Waals surface area contributed by atoms with Gasteiger partial charge in [0.05, 0.1) is 18.7 Å². The second-order valence-corrected chi connectivity index (χ2v) is 4.70. The molecular weight excluding hydrogens is 271 g/mol. The van der Waals surface area contributed by atoms with Crippen LogP contribution in [0, 0.1) is 5.82 Å². The number of urea groups is 1. The minimum Gasteiger partial charge on any atom is -0.394 e. The molecule has 0 radical (unpaired) electrons. The van der Waals surface area contributed by atoms with Crippen molar-refractivity contribution in [1.82, 2.24) is 10.6 Å². The Bertz CT molecular complexity index is 439. The van der Waals surface area contributed by atoms with Crippen molar-refractivity contribution in [2.45, 2.75) is 32.4 Å². The minimum atomic E-state index is -0.420. The number of carbonyl (C=O) groups is 1. The molecule has 0 spiro atoms. The molecule has 0 heterocycles. The van der Waals surface area contributed by atoms with Crippen LogP contribution in [0.2, 0.25) is 5.02 Å². The lowest BCUT2D eigenvalue weighted by Crippen LogP contribution is -2.44. The predicted octanol–water partition coefficient (Wildman–Crippen LogP) is 2.61. The first-order chi connectivity index (χ1) is 8.97. The number of hydrogen-bond acceptors (Lipinski definition) is 2. The van der Waals surface area contributed by atoms with E-state index in [1.807, 2.05) is 6.92 Å². The molecular formula is C13H18ClFN2O2. The molecule has 106 valence electrons. The fourth-order valence-electron chi connectivity index (χ4n) is 1.63. The molecule has 0 saturated heterocycles. The van der Waals surface area contributed by atoms with Crippen molar-refractivity contribution in [1.29, 1.82) is 0 Å². The Kier molecular flexibility index (Phi) is 6.05. The molecule has 1 aromatic rings. The predicted molar refractivity (Wildman–Crippen MR) is 72.7 cm³/mol. The highest BCUT2D eigenvalue weighted by atomic mass is 35.5. The first kappa shape index (κ1) is 15.7. The molecule has 0 aliphatic heterocycles. The van der Waals surface area contributed by atoms with Gasteiger partial charge >= 0.3 is 6.03 Å². The van der Waals surface area contributed by atoms with E-state index in [-0.39, 0.29) is 23.7 Å². The number of aliphatic hydroxyl groups is 1. The van der Waals surface area contributed by atoms with Crippen LogP contribution in [-0.2, 0) is 0 Å². The number of aliphatic hydroxyl groups excluding tert-OH is 1. The molecule has 2 amide bonds. The maximum atomic E-state index is 12.9. The highest BCUT2D eigenvalue weighted by molar-refractivity contribution is 6.31. The molecule has 2 unspecified atom stereocenters. The fraction of sp³-hybridized carbons (Fsp3) is 0.462. The van der Waals surface area contributed by atoms with Crippen LogP contribution in [-0.4, -0.2) is 23.8 Å². The van der Waals surface area contributed by atoms with Gasteiger partial charge in [0.2, 0.25) is 0 Å². The normalized spacial score (nSPS) is 13.7. The van der Waals surface area contributed by atoms with E-state index in [0.717, 1.165) is 0 Å². The van der Waals surface area contributed by atoms with E-state index >= 15 is 0 Å². The van der Waals surface area contributed by atoms with E-state index in [0.29, 0.717) is 12.0 Å². The zero-order valence-corrected chi connectivity index (χ0v) is 11.7. The maximum absolute atomic E-state index is 12.9. The van der Waals surface area contributed by atoms with E-state index in [9.17, 15) is 9.18 Å². The summed E-state index contributed by atoms with van der Waals surface area (Å²) in [5.41, 5.74) is 0.635. The number of amides is 2. The molecule has 0 fully saturated rings. The first-order valence-corrected chi connectivity index (χ1v) is 6.48. The van der Waals surface area contributed by atoms with Gasteiger partial charge in [0, 0.05) is 5.02 Å². The lowest BCUT2D eigenvalue weighted by atomic mass is 10.1. The highest BCUT2D eigenvalue weighted by Crippen LogP contribution is 2.23. The number of rotatable bonds is 5. The van der Waals surface area contributed by atoms with Crippen LogP contribution < -0.4 is 10.6 Å². The molecule has 4 nitrogen and oxygen atoms in total. The van der Waals surface area contributed by atoms with Gasteiger partial charge in [0.1, 0.15) is 5.82 Å². The Balaban J connectivity index is 2.63. The quantitative estimate of drug-likeness (QED) is 0.780. The summed E-state index contributed by atoms with van der Waals surface area (Å²) in [4.78, 5) is 11.7. The Labute approximate surface area is 117 Å². The third-order valence-corrected chi connectivity index (χ3v) is 3.15. The molecule has 2 atom stereocenters. The Morgan fingerprint density at radius 2 is 2.16 bits per heavy atom. The number of benzene rings is 1. The van der Waals surface area contributed by atoms with Crippen molar-refractivity contribution in [2.75, 3.05) is 6.61 Å². The monoisotopic (exact) mass is 288 g/mol. The van der Waals surface area contributed by atoms with Crippen LogP contribution in [0.3, 0.4) is 0 Å². The van der Waals surface area contributed by atoms with Gasteiger partial charge in [-0.3, -0.25) is 0 Å². The highest BCUT2D eigenvalue weighted by Gasteiger charge is 2.15. The van der Waals surface area contributed by atoms with Gasteiger partial charge in [0.25, 0.3) is 0 Å². The van der Waals surface area contributed by atoms with Gasteiger partial charge in [-0.05, 0) is 31.0 Å². The SMILES string of the molecule is CCC(CO)NC(=O)NC(C)c1ccc(F)cc1Cl. The van der Waals surface area contributed by atoms with Crippen LogP contribution in [0.5, 0.6) is 0 Å². The molecule has 0 saturated carbocycles. The molecule has 3 N–H and O–H groups in total. The summed E-state index contributed by atoms with van der Waals surface area (Å²) in [7, 11) is 0. The first-order valence-electron chi connectivity index (χ1n) is 6.10. The summed E-state index contributed by atoms with van der Waals surface area (Å²) in [6, 6.07) is 3.00. The van der Waals surface area contributed by atoms with Gasteiger partial charge < -0.3 is 15.7 Å².